The van der Waals surface area contributed by atoms with E-state index in [2.05, 4.69) is 25.9 Å². The second-order valence-corrected chi connectivity index (χ2v) is 11.7. The van der Waals surface area contributed by atoms with E-state index in [-0.39, 0.29) is 25.0 Å². The summed E-state index contributed by atoms with van der Waals surface area (Å²) in [5.74, 6) is -5.25. The first kappa shape index (κ1) is 34.2. The van der Waals surface area contributed by atoms with E-state index in [1.807, 2.05) is 42.5 Å². The van der Waals surface area contributed by atoms with Crippen molar-refractivity contribution in [1.82, 2.24) is 25.9 Å². The van der Waals surface area contributed by atoms with Gasteiger partial charge in [-0.25, -0.2) is 4.79 Å². The van der Waals surface area contributed by atoms with E-state index in [1.54, 1.807) is 30.6 Å². The lowest BCUT2D eigenvalue weighted by atomic mass is 10.0. The van der Waals surface area contributed by atoms with Crippen LogP contribution < -0.4 is 21.7 Å². The molecule has 5 aromatic rings. The molecule has 5 rings (SSSR count). The highest BCUT2D eigenvalue weighted by molar-refractivity contribution is 5.96. The fourth-order valence-electron chi connectivity index (χ4n) is 5.64. The number of phenolic OH excluding ortho intramolecular Hbond substituents is 1. The largest absolute Gasteiger partial charge is 0.508 e. The molecule has 14 nitrogen and oxygen atoms in total. The maximum Gasteiger partial charge on any atom is 0.326 e. The number of phenols is 1. The first-order valence-corrected chi connectivity index (χ1v) is 15.5. The van der Waals surface area contributed by atoms with Gasteiger partial charge in [-0.05, 0) is 47.4 Å². The zero-order valence-electron chi connectivity index (χ0n) is 26.2. The summed E-state index contributed by atoms with van der Waals surface area (Å²) < 4.78 is 0. The smallest absolute Gasteiger partial charge is 0.326 e. The maximum atomic E-state index is 14.1. The number of H-pyrrole nitrogens is 2. The number of fused-ring (bicyclic) bond motifs is 2. The molecule has 49 heavy (non-hydrogen) atoms. The van der Waals surface area contributed by atoms with Gasteiger partial charge in [-0.15, -0.1) is 0 Å². The van der Waals surface area contributed by atoms with E-state index >= 15 is 0 Å². The van der Waals surface area contributed by atoms with Gasteiger partial charge >= 0.3 is 11.9 Å². The lowest BCUT2D eigenvalue weighted by Crippen LogP contribution is -2.58. The highest BCUT2D eigenvalue weighted by atomic mass is 16.4. The molecule has 0 saturated heterocycles. The van der Waals surface area contributed by atoms with Gasteiger partial charge in [0, 0.05) is 47.0 Å². The van der Waals surface area contributed by atoms with E-state index in [0.717, 1.165) is 21.8 Å². The number of aromatic amines is 2. The molecule has 0 aliphatic rings. The third-order valence-corrected chi connectivity index (χ3v) is 8.19. The van der Waals surface area contributed by atoms with Crippen LogP contribution in [0.1, 0.15) is 23.1 Å². The number of benzene rings is 3. The van der Waals surface area contributed by atoms with Crippen LogP contribution in [0.4, 0.5) is 0 Å². The monoisotopic (exact) mass is 668 g/mol. The molecule has 0 radical (unpaired) electrons. The van der Waals surface area contributed by atoms with Crippen LogP contribution in [0.2, 0.25) is 0 Å². The van der Waals surface area contributed by atoms with Crippen LogP contribution in [0.3, 0.4) is 0 Å². The molecule has 2 aromatic heterocycles. The molecular formula is C35H36N6O8. The number of hydrogen-bond acceptors (Lipinski definition) is 7. The predicted molar refractivity (Wildman–Crippen MR) is 179 cm³/mol. The van der Waals surface area contributed by atoms with E-state index in [1.165, 1.54) is 12.1 Å². The van der Waals surface area contributed by atoms with Crippen molar-refractivity contribution < 1.29 is 39.3 Å². The Bertz CT molecular complexity index is 1980. The SMILES string of the molecule is NC(Cc1ccc(O)cc1)C(=O)NC(Cc1c[nH]c2ccccc12)C(=O)NC(Cc1c[nH]c2ccccc12)C(=O)NC(CC(=O)O)C(=O)O. The highest BCUT2D eigenvalue weighted by Crippen LogP contribution is 2.21. The van der Waals surface area contributed by atoms with E-state index < -0.39 is 60.2 Å². The van der Waals surface area contributed by atoms with Crippen molar-refractivity contribution in [3.63, 3.8) is 0 Å². The number of aromatic hydroxyl groups is 1. The zero-order chi connectivity index (χ0) is 35.1. The van der Waals surface area contributed by atoms with Crippen molar-refractivity contribution in [3.05, 3.63) is 102 Å². The van der Waals surface area contributed by atoms with Gasteiger partial charge in [0.1, 0.15) is 23.9 Å². The molecule has 0 spiro atoms. The second kappa shape index (κ2) is 15.2. The molecule has 4 atom stereocenters. The average Bonchev–Trinajstić information content (AvgIpc) is 3.68. The van der Waals surface area contributed by atoms with Crippen LogP contribution >= 0.6 is 0 Å². The maximum absolute atomic E-state index is 14.1. The molecule has 0 saturated carbocycles. The van der Waals surface area contributed by atoms with Gasteiger partial charge in [0.2, 0.25) is 17.7 Å². The Morgan fingerprint density at radius 1 is 0.633 bits per heavy atom. The molecule has 10 N–H and O–H groups in total. The number of nitrogens with two attached hydrogens (primary N) is 1. The van der Waals surface area contributed by atoms with Gasteiger partial charge in [0.25, 0.3) is 0 Å². The molecule has 0 fully saturated rings. The summed E-state index contributed by atoms with van der Waals surface area (Å²) in [5.41, 5.74) is 9.83. The third kappa shape index (κ3) is 8.61. The molecular weight excluding hydrogens is 632 g/mol. The van der Waals surface area contributed by atoms with E-state index in [9.17, 15) is 39.3 Å². The Balaban J connectivity index is 1.42. The summed E-state index contributed by atoms with van der Waals surface area (Å²) in [6.07, 6.45) is 2.52. The van der Waals surface area contributed by atoms with Gasteiger partial charge in [-0.3, -0.25) is 19.2 Å². The summed E-state index contributed by atoms with van der Waals surface area (Å²) in [6.45, 7) is 0. The number of carboxylic acid groups (broad SMARTS) is 2. The molecule has 3 amide bonds. The molecule has 4 unspecified atom stereocenters. The number of nitrogens with one attached hydrogen (secondary N) is 5. The fraction of sp³-hybridized carbons (Fsp3) is 0.229. The summed E-state index contributed by atoms with van der Waals surface area (Å²) in [6, 6.07) is 15.4. The molecule has 2 heterocycles. The van der Waals surface area contributed by atoms with Crippen molar-refractivity contribution in [2.75, 3.05) is 0 Å². The van der Waals surface area contributed by atoms with Crippen molar-refractivity contribution in [1.29, 1.82) is 0 Å². The predicted octanol–water partition coefficient (Wildman–Crippen LogP) is 1.72. The summed E-state index contributed by atoms with van der Waals surface area (Å²) in [4.78, 5) is 70.4. The van der Waals surface area contributed by atoms with Crippen LogP contribution in [0, 0.1) is 0 Å². The Hall–Kier alpha value is -6.15. The van der Waals surface area contributed by atoms with Gasteiger partial charge < -0.3 is 47.0 Å². The summed E-state index contributed by atoms with van der Waals surface area (Å²) >= 11 is 0. The van der Waals surface area contributed by atoms with Crippen LogP contribution in [0.25, 0.3) is 21.8 Å². The lowest BCUT2D eigenvalue weighted by molar-refractivity contribution is -0.147. The minimum atomic E-state index is -1.76. The third-order valence-electron chi connectivity index (χ3n) is 8.19. The van der Waals surface area contributed by atoms with Crippen LogP contribution in [0.15, 0.2) is 85.2 Å². The molecule has 254 valence electrons. The normalized spacial score (nSPS) is 13.7. The number of aromatic nitrogens is 2. The van der Waals surface area contributed by atoms with Gasteiger partial charge in [0.15, 0.2) is 0 Å². The van der Waals surface area contributed by atoms with Crippen molar-refractivity contribution in [2.24, 2.45) is 5.73 Å². The van der Waals surface area contributed by atoms with Gasteiger partial charge in [-0.2, -0.15) is 0 Å². The number of carbonyl (C=O) groups excluding carboxylic acids is 3. The van der Waals surface area contributed by atoms with E-state index in [4.69, 9.17) is 5.73 Å². The Morgan fingerprint density at radius 3 is 1.59 bits per heavy atom. The number of carboxylic acids is 2. The topological polar surface area (TPSA) is 240 Å². The molecule has 14 heteroatoms. The lowest BCUT2D eigenvalue weighted by Gasteiger charge is -2.25. The van der Waals surface area contributed by atoms with E-state index in [0.29, 0.717) is 16.7 Å². The minimum absolute atomic E-state index is 0.00566. The Morgan fingerprint density at radius 2 is 1.10 bits per heavy atom. The molecule has 3 aromatic carbocycles. The number of hydrogen-bond donors (Lipinski definition) is 9. The van der Waals surface area contributed by atoms with Gasteiger partial charge in [0.05, 0.1) is 12.5 Å². The number of rotatable bonds is 15. The van der Waals surface area contributed by atoms with Crippen LogP contribution in [0.5, 0.6) is 5.75 Å². The van der Waals surface area contributed by atoms with Crippen molar-refractivity contribution in [3.8, 4) is 5.75 Å². The Kier molecular flexibility index (Phi) is 10.6. The molecule has 0 bridgehead atoms. The van der Waals surface area contributed by atoms with Crippen LogP contribution in [-0.4, -0.2) is 79.1 Å². The van der Waals surface area contributed by atoms with Crippen molar-refractivity contribution in [2.45, 2.75) is 49.9 Å². The highest BCUT2D eigenvalue weighted by Gasteiger charge is 2.32. The number of aliphatic carboxylic acids is 2. The minimum Gasteiger partial charge on any atom is -0.508 e. The molecule has 0 aliphatic carbocycles. The summed E-state index contributed by atoms with van der Waals surface area (Å²) in [5, 5.41) is 37.6. The van der Waals surface area contributed by atoms with Gasteiger partial charge in [-0.1, -0.05) is 48.5 Å². The summed E-state index contributed by atoms with van der Waals surface area (Å²) in [7, 11) is 0. The molecule has 0 aliphatic heterocycles. The standard InChI is InChI=1S/C35H36N6O8/c36-25(13-19-9-11-22(42)12-10-19)32(45)39-28(14-20-17-37-26-7-3-1-5-23(20)26)33(46)40-29(34(47)41-30(35(48)49)16-31(43)44)15-21-18-38-27-8-4-2-6-24(21)27/h1-12,17-18,25,28-30,37-38,42H,13-16,36H2,(H,39,45)(H,40,46)(H,41,47)(H,43,44)(H,48,49). The quantitative estimate of drug-likeness (QED) is 0.0788. The number of carbonyl (C=O) groups is 5. The van der Waals surface area contributed by atoms with Crippen LogP contribution in [-0.2, 0) is 43.2 Å². The van der Waals surface area contributed by atoms with Crippen molar-refractivity contribution >= 4 is 51.5 Å². The average molecular weight is 669 g/mol. The Labute approximate surface area is 279 Å². The number of amides is 3. The number of para-hydroxylation sites is 2. The first-order chi connectivity index (χ1) is 23.5. The second-order valence-electron chi connectivity index (χ2n) is 11.7. The zero-order valence-corrected chi connectivity index (χ0v) is 26.2. The fourth-order valence-corrected chi connectivity index (χ4v) is 5.64. The first-order valence-electron chi connectivity index (χ1n) is 15.5.